The van der Waals surface area contributed by atoms with Crippen LogP contribution in [0.1, 0.15) is 0 Å². The van der Waals surface area contributed by atoms with Crippen molar-refractivity contribution in [1.29, 1.82) is 0 Å². The zero-order valence-corrected chi connectivity index (χ0v) is 10.7. The molecule has 1 aromatic rings. The van der Waals surface area contributed by atoms with Crippen LogP contribution in [0, 0.1) is 0 Å². The van der Waals surface area contributed by atoms with E-state index in [0.717, 1.165) is 0 Å². The molecule has 4 nitrogen and oxygen atoms in total. The Morgan fingerprint density at radius 2 is 2.12 bits per heavy atom. The molecular weight excluding hydrogens is 250 g/mol. The Kier molecular flexibility index (Phi) is 4.44. The van der Waals surface area contributed by atoms with Crippen LogP contribution in [0.4, 0.5) is 5.69 Å². The molecule has 0 aliphatic carbocycles. The Labute approximate surface area is 100 Å². The molecule has 0 aliphatic rings. The van der Waals surface area contributed by atoms with Gasteiger partial charge in [-0.3, -0.25) is 0 Å². The van der Waals surface area contributed by atoms with Crippen molar-refractivity contribution in [2.24, 2.45) is 0 Å². The number of methoxy groups -OCH3 is 1. The lowest BCUT2D eigenvalue weighted by Gasteiger charge is -2.09. The van der Waals surface area contributed by atoms with Gasteiger partial charge in [-0.1, -0.05) is 11.6 Å². The first-order valence-electron chi connectivity index (χ1n) is 4.67. The van der Waals surface area contributed by atoms with Crippen LogP contribution in [-0.2, 0) is 9.84 Å². The predicted octanol–water partition coefficient (Wildman–Crippen LogP) is 1.81. The quantitative estimate of drug-likeness (QED) is 0.880. The number of hydrogen-bond donors (Lipinski definition) is 1. The molecule has 0 radical (unpaired) electrons. The topological polar surface area (TPSA) is 55.4 Å². The van der Waals surface area contributed by atoms with Crippen molar-refractivity contribution in [3.63, 3.8) is 0 Å². The average molecular weight is 264 g/mol. The second-order valence-electron chi connectivity index (χ2n) is 3.40. The molecule has 90 valence electrons. The summed E-state index contributed by atoms with van der Waals surface area (Å²) in [5, 5.41) is 3.49. The van der Waals surface area contributed by atoms with E-state index in [1.807, 2.05) is 0 Å². The summed E-state index contributed by atoms with van der Waals surface area (Å²) in [7, 11) is -1.40. The minimum atomic E-state index is -2.96. The molecule has 0 fully saturated rings. The van der Waals surface area contributed by atoms with Gasteiger partial charge in [0.25, 0.3) is 0 Å². The number of benzene rings is 1. The zero-order chi connectivity index (χ0) is 12.2. The molecular formula is C10H14ClNO3S. The van der Waals surface area contributed by atoms with E-state index >= 15 is 0 Å². The molecule has 6 heteroatoms. The summed E-state index contributed by atoms with van der Waals surface area (Å²) in [5.41, 5.74) is 0.671. The molecule has 0 amide bonds. The van der Waals surface area contributed by atoms with Crippen LogP contribution < -0.4 is 10.1 Å². The average Bonchev–Trinajstić information content (AvgIpc) is 2.19. The molecule has 0 saturated heterocycles. The van der Waals surface area contributed by atoms with Gasteiger partial charge in [-0.05, 0) is 12.1 Å². The third-order valence-corrected chi connectivity index (χ3v) is 3.24. The summed E-state index contributed by atoms with van der Waals surface area (Å²) in [6.45, 7) is 0.325. The number of sulfone groups is 1. The second-order valence-corrected chi connectivity index (χ2v) is 6.07. The fourth-order valence-electron chi connectivity index (χ4n) is 1.14. The second kappa shape index (κ2) is 5.41. The number of rotatable bonds is 5. The van der Waals surface area contributed by atoms with E-state index in [0.29, 0.717) is 23.0 Å². The van der Waals surface area contributed by atoms with Gasteiger partial charge >= 0.3 is 0 Å². The van der Waals surface area contributed by atoms with E-state index < -0.39 is 9.84 Å². The summed E-state index contributed by atoms with van der Waals surface area (Å²) in [5.74, 6) is 0.742. The van der Waals surface area contributed by atoms with E-state index in [2.05, 4.69) is 5.32 Å². The minimum Gasteiger partial charge on any atom is -0.497 e. The molecule has 0 aliphatic heterocycles. The maximum Gasteiger partial charge on any atom is 0.149 e. The molecule has 0 unspecified atom stereocenters. The molecule has 1 rings (SSSR count). The summed E-state index contributed by atoms with van der Waals surface area (Å²) in [6.07, 6.45) is 1.20. The van der Waals surface area contributed by atoms with Crippen LogP contribution in [0.2, 0.25) is 5.02 Å². The SMILES string of the molecule is COc1ccc(Cl)c(NCCS(C)(=O)=O)c1. The summed E-state index contributed by atoms with van der Waals surface area (Å²) < 4.78 is 26.9. The number of ether oxygens (including phenoxy) is 1. The van der Waals surface area contributed by atoms with Crippen LogP contribution in [-0.4, -0.2) is 34.1 Å². The summed E-state index contributed by atoms with van der Waals surface area (Å²) in [4.78, 5) is 0. The monoisotopic (exact) mass is 263 g/mol. The van der Waals surface area contributed by atoms with Crippen molar-refractivity contribution in [3.8, 4) is 5.75 Å². The minimum absolute atomic E-state index is 0.0700. The highest BCUT2D eigenvalue weighted by Gasteiger charge is 2.04. The molecule has 0 saturated carbocycles. The fourth-order valence-corrected chi connectivity index (χ4v) is 1.80. The number of halogens is 1. The lowest BCUT2D eigenvalue weighted by Crippen LogP contribution is -2.14. The van der Waals surface area contributed by atoms with Crippen molar-refractivity contribution in [3.05, 3.63) is 23.2 Å². The molecule has 0 bridgehead atoms. The van der Waals surface area contributed by atoms with E-state index in [9.17, 15) is 8.42 Å². The number of hydrogen-bond acceptors (Lipinski definition) is 4. The van der Waals surface area contributed by atoms with Crippen LogP contribution in [0.15, 0.2) is 18.2 Å². The largest absolute Gasteiger partial charge is 0.497 e. The zero-order valence-electron chi connectivity index (χ0n) is 9.16. The smallest absolute Gasteiger partial charge is 0.149 e. The molecule has 1 N–H and O–H groups in total. The maximum atomic E-state index is 10.9. The van der Waals surface area contributed by atoms with Crippen molar-refractivity contribution in [2.45, 2.75) is 0 Å². The van der Waals surface area contributed by atoms with Gasteiger partial charge in [-0.25, -0.2) is 8.42 Å². The lowest BCUT2D eigenvalue weighted by molar-refractivity contribution is 0.415. The molecule has 1 aromatic carbocycles. The molecule has 0 atom stereocenters. The normalized spacial score (nSPS) is 11.2. The Balaban J connectivity index is 2.66. The van der Waals surface area contributed by atoms with Crippen molar-refractivity contribution in [2.75, 3.05) is 31.0 Å². The van der Waals surface area contributed by atoms with Gasteiger partial charge in [0.15, 0.2) is 0 Å². The highest BCUT2D eigenvalue weighted by Crippen LogP contribution is 2.26. The third kappa shape index (κ3) is 4.28. The predicted molar refractivity (Wildman–Crippen MR) is 66.2 cm³/mol. The van der Waals surface area contributed by atoms with Crippen molar-refractivity contribution in [1.82, 2.24) is 0 Å². The van der Waals surface area contributed by atoms with Gasteiger partial charge < -0.3 is 10.1 Å². The summed E-state index contributed by atoms with van der Waals surface area (Å²) in [6, 6.07) is 5.16. The summed E-state index contributed by atoms with van der Waals surface area (Å²) >= 11 is 5.94. The molecule has 0 aromatic heterocycles. The standard InChI is InChI=1S/C10H14ClNO3S/c1-15-8-3-4-9(11)10(7-8)12-5-6-16(2,13)14/h3-4,7,12H,5-6H2,1-2H3. The van der Waals surface area contributed by atoms with Gasteiger partial charge in [0.05, 0.1) is 23.6 Å². The molecule has 0 heterocycles. The van der Waals surface area contributed by atoms with Crippen molar-refractivity contribution >= 4 is 27.1 Å². The first-order valence-corrected chi connectivity index (χ1v) is 7.11. The van der Waals surface area contributed by atoms with Gasteiger partial charge in [-0.2, -0.15) is 0 Å². The maximum absolute atomic E-state index is 10.9. The first kappa shape index (κ1) is 13.1. The Morgan fingerprint density at radius 1 is 1.44 bits per heavy atom. The van der Waals surface area contributed by atoms with Crippen LogP contribution in [0.3, 0.4) is 0 Å². The highest BCUT2D eigenvalue weighted by atomic mass is 35.5. The molecule has 0 spiro atoms. The van der Waals surface area contributed by atoms with Gasteiger partial charge in [0, 0.05) is 18.9 Å². The van der Waals surface area contributed by atoms with E-state index in [4.69, 9.17) is 16.3 Å². The number of nitrogens with one attached hydrogen (secondary N) is 1. The van der Waals surface area contributed by atoms with Crippen LogP contribution in [0.25, 0.3) is 0 Å². The van der Waals surface area contributed by atoms with Crippen molar-refractivity contribution < 1.29 is 13.2 Å². The fraction of sp³-hybridized carbons (Fsp3) is 0.400. The van der Waals surface area contributed by atoms with Crippen LogP contribution in [0.5, 0.6) is 5.75 Å². The molecule has 16 heavy (non-hydrogen) atoms. The third-order valence-electron chi connectivity index (χ3n) is 1.96. The Bertz CT molecular complexity index is 459. The van der Waals surface area contributed by atoms with E-state index in [-0.39, 0.29) is 5.75 Å². The lowest BCUT2D eigenvalue weighted by atomic mass is 10.3. The Morgan fingerprint density at radius 3 is 2.69 bits per heavy atom. The van der Waals surface area contributed by atoms with Gasteiger partial charge in [-0.15, -0.1) is 0 Å². The van der Waals surface area contributed by atoms with Crippen LogP contribution >= 0.6 is 11.6 Å². The van der Waals surface area contributed by atoms with Gasteiger partial charge in [0.2, 0.25) is 0 Å². The van der Waals surface area contributed by atoms with E-state index in [1.165, 1.54) is 6.26 Å². The Hall–Kier alpha value is -0.940. The number of anilines is 1. The first-order chi connectivity index (χ1) is 7.42. The highest BCUT2D eigenvalue weighted by molar-refractivity contribution is 7.90. The van der Waals surface area contributed by atoms with Gasteiger partial charge in [0.1, 0.15) is 15.6 Å². The van der Waals surface area contributed by atoms with E-state index in [1.54, 1.807) is 25.3 Å².